The Bertz CT molecular complexity index is 424. The third-order valence-electron chi connectivity index (χ3n) is 1.84. The summed E-state index contributed by atoms with van der Waals surface area (Å²) in [6.45, 7) is 1.14. The van der Waals surface area contributed by atoms with Gasteiger partial charge in [0.15, 0.2) is 11.6 Å². The van der Waals surface area contributed by atoms with Crippen LogP contribution in [0.25, 0.3) is 0 Å². The number of hydroxylamine groups is 1. The number of hydrogen-bond acceptors (Lipinski definition) is 2. The zero-order chi connectivity index (χ0) is 12.3. The maximum Gasteiger partial charge on any atom is 0.343 e. The molecule has 88 valence electrons. The fourth-order valence-electron chi connectivity index (χ4n) is 1.10. The Balaban J connectivity index is 3.05. The van der Waals surface area contributed by atoms with E-state index >= 15 is 0 Å². The highest BCUT2D eigenvalue weighted by molar-refractivity contribution is 5.89. The molecule has 7 heteroatoms. The summed E-state index contributed by atoms with van der Waals surface area (Å²) in [6, 6.07) is -0.541. The van der Waals surface area contributed by atoms with E-state index in [9.17, 15) is 18.0 Å². The van der Waals surface area contributed by atoms with Crippen LogP contribution in [0.2, 0.25) is 0 Å². The normalized spacial score (nSPS) is 10.1. The van der Waals surface area contributed by atoms with Gasteiger partial charge in [-0.15, -0.1) is 0 Å². The van der Waals surface area contributed by atoms with E-state index in [-0.39, 0.29) is 5.56 Å². The number of rotatable bonds is 2. The first-order valence-corrected chi connectivity index (χ1v) is 4.21. The summed E-state index contributed by atoms with van der Waals surface area (Å²) in [5.41, 5.74) is 1.08. The van der Waals surface area contributed by atoms with Crippen LogP contribution in [0.5, 0.6) is 0 Å². The average molecular weight is 234 g/mol. The number of carbonyl (C=O) groups is 1. The molecule has 0 aromatic heterocycles. The Morgan fingerprint density at radius 3 is 2.50 bits per heavy atom. The molecule has 1 rings (SSSR count). The van der Waals surface area contributed by atoms with Gasteiger partial charge in [-0.3, -0.25) is 4.84 Å². The molecule has 0 radical (unpaired) electrons. The van der Waals surface area contributed by atoms with E-state index in [4.69, 9.17) is 0 Å². The molecule has 16 heavy (non-hydrogen) atoms. The lowest BCUT2D eigenvalue weighted by atomic mass is 10.1. The average Bonchev–Trinajstić information content (AvgIpc) is 2.22. The minimum atomic E-state index is -1.31. The molecule has 4 nitrogen and oxygen atoms in total. The molecule has 0 aliphatic heterocycles. The summed E-state index contributed by atoms with van der Waals surface area (Å²) in [6.07, 6.45) is 0. The van der Waals surface area contributed by atoms with Crippen LogP contribution in [0.4, 0.5) is 23.7 Å². The van der Waals surface area contributed by atoms with Gasteiger partial charge in [0.2, 0.25) is 0 Å². The zero-order valence-corrected chi connectivity index (χ0v) is 8.53. The highest BCUT2D eigenvalue weighted by atomic mass is 19.2. The summed E-state index contributed by atoms with van der Waals surface area (Å²) >= 11 is 0. The maximum atomic E-state index is 13.2. The van der Waals surface area contributed by atoms with Gasteiger partial charge in [-0.25, -0.2) is 23.4 Å². The molecule has 0 aliphatic carbocycles. The second-order valence-corrected chi connectivity index (χ2v) is 2.91. The van der Waals surface area contributed by atoms with Gasteiger partial charge in [0.25, 0.3) is 0 Å². The van der Waals surface area contributed by atoms with Crippen molar-refractivity contribution in [1.29, 1.82) is 0 Å². The van der Waals surface area contributed by atoms with Crippen molar-refractivity contribution in [1.82, 2.24) is 5.48 Å². The van der Waals surface area contributed by atoms with Gasteiger partial charge in [-0.05, 0) is 6.92 Å². The van der Waals surface area contributed by atoms with Crippen molar-refractivity contribution in [2.45, 2.75) is 6.92 Å². The standard InChI is InChI=1S/C9H9F3N2O2/c1-4-7(12)5(10)3-6(11)8(4)13-9(15)14-16-2/h3H,1-2H3,(H2,13,14,15). The Kier molecular flexibility index (Phi) is 3.73. The summed E-state index contributed by atoms with van der Waals surface area (Å²) < 4.78 is 39.0. The number of hydrogen-bond donors (Lipinski definition) is 2. The summed E-state index contributed by atoms with van der Waals surface area (Å²) in [4.78, 5) is 15.2. The molecule has 0 atom stereocenters. The molecule has 0 heterocycles. The molecular weight excluding hydrogens is 225 g/mol. The van der Waals surface area contributed by atoms with Gasteiger partial charge < -0.3 is 5.32 Å². The van der Waals surface area contributed by atoms with Gasteiger partial charge in [0, 0.05) is 11.6 Å². The second kappa shape index (κ2) is 4.84. The van der Waals surface area contributed by atoms with Crippen LogP contribution in [0.15, 0.2) is 6.07 Å². The molecule has 1 aromatic carbocycles. The Morgan fingerprint density at radius 1 is 1.31 bits per heavy atom. The second-order valence-electron chi connectivity index (χ2n) is 2.91. The molecule has 0 spiro atoms. The number of nitrogens with one attached hydrogen (secondary N) is 2. The molecule has 0 saturated carbocycles. The smallest absolute Gasteiger partial charge is 0.303 e. The van der Waals surface area contributed by atoms with Crippen LogP contribution >= 0.6 is 0 Å². The minimum absolute atomic E-state index is 0.330. The lowest BCUT2D eigenvalue weighted by Gasteiger charge is -2.10. The maximum absolute atomic E-state index is 13.2. The van der Waals surface area contributed by atoms with Crippen molar-refractivity contribution >= 4 is 11.7 Å². The van der Waals surface area contributed by atoms with E-state index in [0.29, 0.717) is 6.07 Å². The van der Waals surface area contributed by atoms with E-state index in [1.165, 1.54) is 7.11 Å². The van der Waals surface area contributed by atoms with Crippen LogP contribution in [0.3, 0.4) is 0 Å². The molecule has 2 N–H and O–H groups in total. The van der Waals surface area contributed by atoms with E-state index in [1.807, 2.05) is 10.8 Å². The third kappa shape index (κ3) is 2.43. The fraction of sp³-hybridized carbons (Fsp3) is 0.222. The first kappa shape index (κ1) is 12.3. The van der Waals surface area contributed by atoms with E-state index in [0.717, 1.165) is 6.92 Å². The van der Waals surface area contributed by atoms with Crippen LogP contribution in [0, 0.1) is 24.4 Å². The molecule has 0 fully saturated rings. The monoisotopic (exact) mass is 234 g/mol. The zero-order valence-electron chi connectivity index (χ0n) is 8.53. The van der Waals surface area contributed by atoms with E-state index in [2.05, 4.69) is 4.84 Å². The number of anilines is 1. The third-order valence-corrected chi connectivity index (χ3v) is 1.84. The number of amides is 2. The van der Waals surface area contributed by atoms with E-state index < -0.39 is 29.2 Å². The molecule has 0 unspecified atom stereocenters. The Morgan fingerprint density at radius 2 is 1.94 bits per heavy atom. The molecule has 1 aromatic rings. The van der Waals surface area contributed by atoms with Crippen molar-refractivity contribution in [3.8, 4) is 0 Å². The predicted molar refractivity (Wildman–Crippen MR) is 50.2 cm³/mol. The van der Waals surface area contributed by atoms with Gasteiger partial charge in [-0.1, -0.05) is 0 Å². The number of urea groups is 1. The summed E-state index contributed by atoms with van der Waals surface area (Å²) in [5.74, 6) is -3.59. The van der Waals surface area contributed by atoms with Gasteiger partial charge in [-0.2, -0.15) is 0 Å². The number of carbonyl (C=O) groups excluding carboxylic acids is 1. The first-order chi connectivity index (χ1) is 7.47. The predicted octanol–water partition coefficient (Wildman–Crippen LogP) is 2.10. The van der Waals surface area contributed by atoms with Crippen molar-refractivity contribution in [3.63, 3.8) is 0 Å². The lowest BCUT2D eigenvalue weighted by Crippen LogP contribution is -2.28. The molecule has 2 amide bonds. The lowest BCUT2D eigenvalue weighted by molar-refractivity contribution is 0.114. The van der Waals surface area contributed by atoms with Crippen LogP contribution < -0.4 is 10.8 Å². The Labute approximate surface area is 89.4 Å². The van der Waals surface area contributed by atoms with Crippen molar-refractivity contribution in [2.75, 3.05) is 12.4 Å². The van der Waals surface area contributed by atoms with Crippen LogP contribution in [-0.2, 0) is 4.84 Å². The topological polar surface area (TPSA) is 50.4 Å². The molecule has 0 saturated heterocycles. The van der Waals surface area contributed by atoms with Gasteiger partial charge >= 0.3 is 6.03 Å². The minimum Gasteiger partial charge on any atom is -0.303 e. The molecule has 0 aliphatic rings. The van der Waals surface area contributed by atoms with Crippen molar-refractivity contribution in [3.05, 3.63) is 29.1 Å². The van der Waals surface area contributed by atoms with Crippen molar-refractivity contribution < 1.29 is 22.8 Å². The molecular formula is C9H9F3N2O2. The number of halogens is 3. The summed E-state index contributed by atoms with van der Waals surface area (Å²) in [5, 5.41) is 1.99. The highest BCUT2D eigenvalue weighted by Crippen LogP contribution is 2.24. The first-order valence-electron chi connectivity index (χ1n) is 4.21. The molecule has 0 bridgehead atoms. The van der Waals surface area contributed by atoms with Crippen molar-refractivity contribution in [2.24, 2.45) is 0 Å². The highest BCUT2D eigenvalue weighted by Gasteiger charge is 2.17. The van der Waals surface area contributed by atoms with E-state index in [1.54, 1.807) is 0 Å². The quantitative estimate of drug-likeness (QED) is 0.608. The fourth-order valence-corrected chi connectivity index (χ4v) is 1.10. The largest absolute Gasteiger partial charge is 0.343 e. The number of benzene rings is 1. The van der Waals surface area contributed by atoms with Gasteiger partial charge in [0.1, 0.15) is 5.82 Å². The summed E-state index contributed by atoms with van der Waals surface area (Å²) in [7, 11) is 1.17. The van der Waals surface area contributed by atoms with Gasteiger partial charge in [0.05, 0.1) is 12.8 Å². The van der Waals surface area contributed by atoms with Crippen LogP contribution in [0.1, 0.15) is 5.56 Å². The Hall–Kier alpha value is -1.76. The van der Waals surface area contributed by atoms with Crippen LogP contribution in [-0.4, -0.2) is 13.1 Å². The SMILES string of the molecule is CONC(=O)Nc1c(F)cc(F)c(F)c1C.